The van der Waals surface area contributed by atoms with Gasteiger partial charge in [-0.2, -0.15) is 4.98 Å². The van der Waals surface area contributed by atoms with Gasteiger partial charge in [-0.1, -0.05) is 48.3 Å². The Morgan fingerprint density at radius 3 is 2.50 bits per heavy atom. The van der Waals surface area contributed by atoms with E-state index in [4.69, 9.17) is 10.3 Å². The van der Waals surface area contributed by atoms with Crippen molar-refractivity contribution >= 4 is 0 Å². The fourth-order valence-electron chi connectivity index (χ4n) is 2.91. The van der Waals surface area contributed by atoms with E-state index in [1.54, 1.807) is 0 Å². The summed E-state index contributed by atoms with van der Waals surface area (Å²) < 4.78 is 5.19. The van der Waals surface area contributed by atoms with Crippen molar-refractivity contribution < 1.29 is 4.52 Å². The van der Waals surface area contributed by atoms with Gasteiger partial charge in [0, 0.05) is 0 Å². The second-order valence-corrected chi connectivity index (χ2v) is 4.87. The predicted octanol–water partition coefficient (Wildman–Crippen LogP) is 2.39. The van der Waals surface area contributed by atoms with Gasteiger partial charge < -0.3 is 10.3 Å². The minimum Gasteiger partial charge on any atom is -0.338 e. The van der Waals surface area contributed by atoms with Gasteiger partial charge in [-0.25, -0.2) is 0 Å². The predicted molar refractivity (Wildman–Crippen MR) is 67.9 cm³/mol. The Hall–Kier alpha value is -1.68. The molecule has 0 spiro atoms. The number of hydrogen-bond acceptors (Lipinski definition) is 4. The zero-order valence-corrected chi connectivity index (χ0v) is 10.3. The first kappa shape index (κ1) is 11.4. The first-order valence-electron chi connectivity index (χ1n) is 6.44. The molecule has 1 aromatic carbocycles. The van der Waals surface area contributed by atoms with Crippen molar-refractivity contribution in [3.05, 3.63) is 47.6 Å². The molecule has 1 aliphatic rings. The van der Waals surface area contributed by atoms with Crippen LogP contribution in [0, 0.1) is 0 Å². The molecule has 1 saturated carbocycles. The summed E-state index contributed by atoms with van der Waals surface area (Å²) >= 11 is 0. The molecule has 0 atom stereocenters. The number of rotatable bonds is 3. The first-order chi connectivity index (χ1) is 8.85. The standard InChI is InChI=1S/C14H17N3O/c15-10-12-16-13(17-18-12)14(8-4-5-9-14)11-6-2-1-3-7-11/h1-3,6-7H,4-5,8-10,15H2. The van der Waals surface area contributed by atoms with Crippen molar-refractivity contribution in [2.24, 2.45) is 5.73 Å². The molecule has 1 aliphatic carbocycles. The molecule has 2 aromatic rings. The maximum atomic E-state index is 5.55. The molecule has 3 rings (SSSR count). The molecule has 1 heterocycles. The van der Waals surface area contributed by atoms with Gasteiger partial charge in [-0.3, -0.25) is 0 Å². The highest BCUT2D eigenvalue weighted by molar-refractivity contribution is 5.33. The lowest BCUT2D eigenvalue weighted by Crippen LogP contribution is -2.25. The van der Waals surface area contributed by atoms with Crippen molar-refractivity contribution in [3.8, 4) is 0 Å². The molecule has 0 radical (unpaired) electrons. The van der Waals surface area contributed by atoms with Gasteiger partial charge in [0.15, 0.2) is 5.82 Å². The molecule has 4 nitrogen and oxygen atoms in total. The molecule has 0 bridgehead atoms. The Morgan fingerprint density at radius 1 is 1.17 bits per heavy atom. The SMILES string of the molecule is NCc1nc(C2(c3ccccc3)CCCC2)no1. The Kier molecular flexibility index (Phi) is 2.88. The van der Waals surface area contributed by atoms with E-state index in [1.807, 2.05) is 6.07 Å². The van der Waals surface area contributed by atoms with E-state index in [-0.39, 0.29) is 5.41 Å². The average Bonchev–Trinajstić information content (AvgIpc) is 3.09. The van der Waals surface area contributed by atoms with Gasteiger partial charge in [-0.05, 0) is 18.4 Å². The minimum atomic E-state index is -0.0713. The van der Waals surface area contributed by atoms with Crippen molar-refractivity contribution in [1.29, 1.82) is 0 Å². The highest BCUT2D eigenvalue weighted by Gasteiger charge is 2.41. The molecular weight excluding hydrogens is 226 g/mol. The molecule has 1 fully saturated rings. The fourth-order valence-corrected chi connectivity index (χ4v) is 2.91. The second-order valence-electron chi connectivity index (χ2n) is 4.87. The van der Waals surface area contributed by atoms with Crippen LogP contribution < -0.4 is 5.73 Å². The third kappa shape index (κ3) is 1.73. The number of nitrogens with zero attached hydrogens (tertiary/aromatic N) is 2. The lowest BCUT2D eigenvalue weighted by Gasteiger charge is -2.25. The van der Waals surface area contributed by atoms with Crippen LogP contribution >= 0.6 is 0 Å². The zero-order chi connectivity index (χ0) is 12.4. The van der Waals surface area contributed by atoms with Crippen LogP contribution in [-0.2, 0) is 12.0 Å². The molecule has 0 amide bonds. The molecule has 0 aliphatic heterocycles. The summed E-state index contributed by atoms with van der Waals surface area (Å²) in [5, 5.41) is 4.15. The quantitative estimate of drug-likeness (QED) is 0.899. The average molecular weight is 243 g/mol. The van der Waals surface area contributed by atoms with E-state index in [1.165, 1.54) is 18.4 Å². The Balaban J connectivity index is 2.06. The highest BCUT2D eigenvalue weighted by Crippen LogP contribution is 2.44. The third-order valence-electron chi connectivity index (χ3n) is 3.85. The monoisotopic (exact) mass is 243 g/mol. The molecule has 4 heteroatoms. The van der Waals surface area contributed by atoms with Crippen molar-refractivity contribution in [2.45, 2.75) is 37.6 Å². The van der Waals surface area contributed by atoms with Crippen molar-refractivity contribution in [1.82, 2.24) is 10.1 Å². The van der Waals surface area contributed by atoms with E-state index in [0.29, 0.717) is 12.4 Å². The van der Waals surface area contributed by atoms with Crippen LogP contribution in [0.2, 0.25) is 0 Å². The van der Waals surface area contributed by atoms with E-state index >= 15 is 0 Å². The van der Waals surface area contributed by atoms with Crippen LogP contribution in [-0.4, -0.2) is 10.1 Å². The van der Waals surface area contributed by atoms with E-state index in [0.717, 1.165) is 18.7 Å². The fraction of sp³-hybridized carbons (Fsp3) is 0.429. The van der Waals surface area contributed by atoms with E-state index in [2.05, 4.69) is 34.4 Å². The van der Waals surface area contributed by atoms with Crippen LogP contribution in [0.4, 0.5) is 0 Å². The summed E-state index contributed by atoms with van der Waals surface area (Å²) in [6.07, 6.45) is 4.59. The van der Waals surface area contributed by atoms with E-state index < -0.39 is 0 Å². The van der Waals surface area contributed by atoms with Crippen LogP contribution in [0.1, 0.15) is 43.0 Å². The van der Waals surface area contributed by atoms with Gasteiger partial charge in [0.25, 0.3) is 0 Å². The Labute approximate surface area is 106 Å². The largest absolute Gasteiger partial charge is 0.338 e. The smallest absolute Gasteiger partial charge is 0.240 e. The minimum absolute atomic E-state index is 0.0713. The summed E-state index contributed by atoms with van der Waals surface area (Å²) in [6, 6.07) is 10.5. The summed E-state index contributed by atoms with van der Waals surface area (Å²) in [5.41, 5.74) is 6.76. The number of hydrogen-bond donors (Lipinski definition) is 1. The second kappa shape index (κ2) is 4.53. The van der Waals surface area contributed by atoms with Crippen LogP contribution in [0.3, 0.4) is 0 Å². The summed E-state index contributed by atoms with van der Waals surface area (Å²) in [7, 11) is 0. The highest BCUT2D eigenvalue weighted by atomic mass is 16.5. The number of aromatic nitrogens is 2. The molecular formula is C14H17N3O. The summed E-state index contributed by atoms with van der Waals surface area (Å²) in [4.78, 5) is 4.46. The van der Waals surface area contributed by atoms with E-state index in [9.17, 15) is 0 Å². The lowest BCUT2D eigenvalue weighted by atomic mass is 9.78. The molecule has 0 saturated heterocycles. The molecule has 94 valence electrons. The maximum Gasteiger partial charge on any atom is 0.240 e. The number of benzene rings is 1. The van der Waals surface area contributed by atoms with Crippen molar-refractivity contribution in [3.63, 3.8) is 0 Å². The number of nitrogens with two attached hydrogens (primary N) is 1. The Morgan fingerprint density at radius 2 is 1.89 bits per heavy atom. The summed E-state index contributed by atoms with van der Waals surface area (Å²) in [5.74, 6) is 1.32. The first-order valence-corrected chi connectivity index (χ1v) is 6.44. The summed E-state index contributed by atoms with van der Waals surface area (Å²) in [6.45, 7) is 0.303. The van der Waals surface area contributed by atoms with Gasteiger partial charge in [0.1, 0.15) is 0 Å². The maximum absolute atomic E-state index is 5.55. The van der Waals surface area contributed by atoms with Gasteiger partial charge in [-0.15, -0.1) is 0 Å². The Bertz CT molecular complexity index is 515. The van der Waals surface area contributed by atoms with Crippen LogP contribution in [0.15, 0.2) is 34.9 Å². The molecule has 0 unspecified atom stereocenters. The topological polar surface area (TPSA) is 64.9 Å². The normalized spacial score (nSPS) is 18.1. The van der Waals surface area contributed by atoms with Crippen molar-refractivity contribution in [2.75, 3.05) is 0 Å². The van der Waals surface area contributed by atoms with Gasteiger partial charge >= 0.3 is 0 Å². The zero-order valence-electron chi connectivity index (χ0n) is 10.3. The van der Waals surface area contributed by atoms with Gasteiger partial charge in [0.2, 0.25) is 5.89 Å². The lowest BCUT2D eigenvalue weighted by molar-refractivity contribution is 0.361. The molecule has 1 aromatic heterocycles. The van der Waals surface area contributed by atoms with Gasteiger partial charge in [0.05, 0.1) is 12.0 Å². The third-order valence-corrected chi connectivity index (χ3v) is 3.85. The van der Waals surface area contributed by atoms with Crippen LogP contribution in [0.25, 0.3) is 0 Å². The van der Waals surface area contributed by atoms with Crippen LogP contribution in [0.5, 0.6) is 0 Å². The molecule has 2 N–H and O–H groups in total. The molecule has 18 heavy (non-hydrogen) atoms.